The highest BCUT2D eigenvalue weighted by molar-refractivity contribution is 7.99. The molecule has 4 rings (SSSR count). The van der Waals surface area contributed by atoms with Crippen LogP contribution in [0.5, 0.6) is 0 Å². The molecule has 11 heteroatoms. The number of halogens is 1. The molecule has 0 spiro atoms. The molecule has 0 bridgehead atoms. The molecule has 0 saturated carbocycles. The number of hydrogen-bond acceptors (Lipinski definition) is 7. The summed E-state index contributed by atoms with van der Waals surface area (Å²) in [5, 5.41) is 16.3. The van der Waals surface area contributed by atoms with Crippen LogP contribution in [0.3, 0.4) is 0 Å². The van der Waals surface area contributed by atoms with Gasteiger partial charge in [0.15, 0.2) is 5.76 Å². The molecule has 4 aromatic rings. The monoisotopic (exact) mass is 429 g/mol. The Morgan fingerprint density at radius 2 is 2.07 bits per heavy atom. The molecule has 0 aliphatic rings. The summed E-state index contributed by atoms with van der Waals surface area (Å²) in [6.45, 7) is 0. The number of aromatic nitrogens is 5. The highest BCUT2D eigenvalue weighted by Gasteiger charge is 2.16. The SMILES string of the molecule is Cn1nc(-c2ccc(Cl)cc2)cc1NC(=O)CSc1nnc(-c2ccco2)n1N. The van der Waals surface area contributed by atoms with Crippen LogP contribution in [0.2, 0.25) is 5.02 Å². The number of carbonyl (C=O) groups is 1. The molecule has 0 saturated heterocycles. The van der Waals surface area contributed by atoms with Crippen molar-refractivity contribution in [2.24, 2.45) is 7.05 Å². The third kappa shape index (κ3) is 4.13. The van der Waals surface area contributed by atoms with Crippen LogP contribution >= 0.6 is 23.4 Å². The Balaban J connectivity index is 1.40. The second-order valence-electron chi connectivity index (χ2n) is 6.04. The molecular weight excluding hydrogens is 414 g/mol. The fraction of sp³-hybridized carbons (Fsp3) is 0.111. The number of carbonyl (C=O) groups excluding carboxylic acids is 1. The molecule has 0 radical (unpaired) electrons. The lowest BCUT2D eigenvalue weighted by Gasteiger charge is -2.05. The molecule has 0 aliphatic heterocycles. The first-order valence-electron chi connectivity index (χ1n) is 8.48. The van der Waals surface area contributed by atoms with E-state index in [-0.39, 0.29) is 11.7 Å². The molecule has 0 aliphatic carbocycles. The summed E-state index contributed by atoms with van der Waals surface area (Å²) in [6, 6.07) is 12.6. The van der Waals surface area contributed by atoms with Crippen LogP contribution in [0.15, 0.2) is 58.3 Å². The number of hydrogen-bond donors (Lipinski definition) is 2. The van der Waals surface area contributed by atoms with Crippen molar-refractivity contribution in [2.45, 2.75) is 5.16 Å². The van der Waals surface area contributed by atoms with Gasteiger partial charge in [-0.05, 0) is 24.3 Å². The third-order valence-electron chi connectivity index (χ3n) is 4.03. The number of thioether (sulfide) groups is 1. The number of furan rings is 1. The van der Waals surface area contributed by atoms with E-state index in [4.69, 9.17) is 21.9 Å². The van der Waals surface area contributed by atoms with Crippen molar-refractivity contribution in [2.75, 3.05) is 16.9 Å². The van der Waals surface area contributed by atoms with E-state index in [1.807, 2.05) is 12.1 Å². The van der Waals surface area contributed by atoms with E-state index in [2.05, 4.69) is 20.6 Å². The van der Waals surface area contributed by atoms with Gasteiger partial charge in [-0.15, -0.1) is 10.2 Å². The molecule has 1 amide bonds. The van der Waals surface area contributed by atoms with Gasteiger partial charge in [0.2, 0.25) is 16.9 Å². The lowest BCUT2D eigenvalue weighted by Crippen LogP contribution is -2.18. The Hall–Kier alpha value is -3.24. The summed E-state index contributed by atoms with van der Waals surface area (Å²) < 4.78 is 8.16. The van der Waals surface area contributed by atoms with Crippen molar-refractivity contribution < 1.29 is 9.21 Å². The van der Waals surface area contributed by atoms with E-state index in [9.17, 15) is 4.79 Å². The number of nitrogen functional groups attached to an aromatic ring is 1. The quantitative estimate of drug-likeness (QED) is 0.357. The number of anilines is 1. The fourth-order valence-electron chi connectivity index (χ4n) is 2.60. The second-order valence-corrected chi connectivity index (χ2v) is 7.41. The number of rotatable bonds is 6. The van der Waals surface area contributed by atoms with Gasteiger partial charge in [0.1, 0.15) is 5.82 Å². The average Bonchev–Trinajstić information content (AvgIpc) is 3.42. The smallest absolute Gasteiger partial charge is 0.235 e. The van der Waals surface area contributed by atoms with Crippen LogP contribution in [0.4, 0.5) is 5.82 Å². The molecule has 3 heterocycles. The van der Waals surface area contributed by atoms with Gasteiger partial charge in [-0.1, -0.05) is 35.5 Å². The molecule has 148 valence electrons. The number of aryl methyl sites for hydroxylation is 1. The van der Waals surface area contributed by atoms with Crippen molar-refractivity contribution in [3.05, 3.63) is 53.8 Å². The molecule has 0 atom stereocenters. The van der Waals surface area contributed by atoms with E-state index < -0.39 is 0 Å². The van der Waals surface area contributed by atoms with Crippen molar-refractivity contribution in [1.82, 2.24) is 24.7 Å². The first-order chi connectivity index (χ1) is 14.0. The first-order valence-corrected chi connectivity index (χ1v) is 9.84. The predicted octanol–water partition coefficient (Wildman–Crippen LogP) is 3.04. The molecule has 3 N–H and O–H groups in total. The maximum Gasteiger partial charge on any atom is 0.235 e. The maximum absolute atomic E-state index is 12.4. The normalized spacial score (nSPS) is 11.0. The summed E-state index contributed by atoms with van der Waals surface area (Å²) in [7, 11) is 1.76. The fourth-order valence-corrected chi connectivity index (χ4v) is 3.39. The Kier molecular flexibility index (Phi) is 5.28. The second kappa shape index (κ2) is 8.02. The van der Waals surface area contributed by atoms with Gasteiger partial charge in [0, 0.05) is 23.7 Å². The zero-order valence-electron chi connectivity index (χ0n) is 15.2. The van der Waals surface area contributed by atoms with Gasteiger partial charge in [-0.25, -0.2) is 4.68 Å². The highest BCUT2D eigenvalue weighted by atomic mass is 35.5. The Labute approximate surface area is 174 Å². The standard InChI is InChI=1S/C18H16ClN7O2S/c1-25-15(9-13(24-25)11-4-6-12(19)7-5-11)21-16(27)10-29-18-23-22-17(26(18)20)14-3-2-8-28-14/h2-9H,10,20H2,1H3,(H,21,27). The summed E-state index contributed by atoms with van der Waals surface area (Å²) >= 11 is 7.09. The Bertz CT molecular complexity index is 1140. The van der Waals surface area contributed by atoms with Gasteiger partial charge in [-0.2, -0.15) is 5.10 Å². The summed E-state index contributed by atoms with van der Waals surface area (Å²) in [5.41, 5.74) is 1.64. The summed E-state index contributed by atoms with van der Waals surface area (Å²) in [5.74, 6) is 7.34. The average molecular weight is 430 g/mol. The number of nitrogens with zero attached hydrogens (tertiary/aromatic N) is 5. The molecule has 29 heavy (non-hydrogen) atoms. The van der Waals surface area contributed by atoms with Gasteiger partial charge in [-0.3, -0.25) is 9.48 Å². The van der Waals surface area contributed by atoms with Crippen molar-refractivity contribution in [3.8, 4) is 22.8 Å². The summed E-state index contributed by atoms with van der Waals surface area (Å²) in [6.07, 6.45) is 1.52. The van der Waals surface area contributed by atoms with E-state index in [0.29, 0.717) is 27.6 Å². The number of nitrogens with two attached hydrogens (primary N) is 1. The number of benzene rings is 1. The molecule has 1 aromatic carbocycles. The van der Waals surface area contributed by atoms with E-state index in [1.54, 1.807) is 42.1 Å². The molecule has 3 aromatic heterocycles. The van der Waals surface area contributed by atoms with Gasteiger partial charge in [0.25, 0.3) is 0 Å². The number of amides is 1. The topological polar surface area (TPSA) is 117 Å². The van der Waals surface area contributed by atoms with E-state index in [1.165, 1.54) is 22.7 Å². The van der Waals surface area contributed by atoms with Crippen molar-refractivity contribution >= 4 is 35.1 Å². The van der Waals surface area contributed by atoms with E-state index in [0.717, 1.165) is 11.3 Å². The summed E-state index contributed by atoms with van der Waals surface area (Å²) in [4.78, 5) is 12.4. The van der Waals surface area contributed by atoms with Crippen LogP contribution in [-0.4, -0.2) is 36.3 Å². The first kappa shape index (κ1) is 19.1. The van der Waals surface area contributed by atoms with Gasteiger partial charge in [0.05, 0.1) is 17.7 Å². The highest BCUT2D eigenvalue weighted by Crippen LogP contribution is 2.24. The largest absolute Gasteiger partial charge is 0.461 e. The zero-order valence-corrected chi connectivity index (χ0v) is 16.8. The van der Waals surface area contributed by atoms with Crippen molar-refractivity contribution in [3.63, 3.8) is 0 Å². The molecule has 0 fully saturated rings. The Morgan fingerprint density at radius 1 is 1.28 bits per heavy atom. The van der Waals surface area contributed by atoms with Crippen molar-refractivity contribution in [1.29, 1.82) is 0 Å². The van der Waals surface area contributed by atoms with Crippen LogP contribution in [0.1, 0.15) is 0 Å². The molecule has 0 unspecified atom stereocenters. The van der Waals surface area contributed by atoms with Crippen LogP contribution < -0.4 is 11.2 Å². The third-order valence-corrected chi connectivity index (χ3v) is 5.22. The lowest BCUT2D eigenvalue weighted by molar-refractivity contribution is -0.113. The minimum Gasteiger partial charge on any atom is -0.461 e. The lowest BCUT2D eigenvalue weighted by atomic mass is 10.1. The van der Waals surface area contributed by atoms with Gasteiger partial charge < -0.3 is 15.6 Å². The Morgan fingerprint density at radius 3 is 2.79 bits per heavy atom. The van der Waals surface area contributed by atoms with E-state index >= 15 is 0 Å². The predicted molar refractivity (Wildman–Crippen MR) is 111 cm³/mol. The number of nitrogens with one attached hydrogen (secondary N) is 1. The zero-order chi connectivity index (χ0) is 20.4. The maximum atomic E-state index is 12.4. The van der Waals surface area contributed by atoms with Crippen LogP contribution in [-0.2, 0) is 11.8 Å². The van der Waals surface area contributed by atoms with Crippen LogP contribution in [0.25, 0.3) is 22.8 Å². The minimum atomic E-state index is -0.219. The van der Waals surface area contributed by atoms with Gasteiger partial charge >= 0.3 is 0 Å². The molecule has 9 nitrogen and oxygen atoms in total. The minimum absolute atomic E-state index is 0.106. The molecular formula is C18H16ClN7O2S. The van der Waals surface area contributed by atoms with Crippen LogP contribution in [0, 0.1) is 0 Å².